The minimum absolute atomic E-state index is 0.0993. The summed E-state index contributed by atoms with van der Waals surface area (Å²) in [6.07, 6.45) is -4.06. The number of aliphatic imine (C=N–C) groups is 1. The van der Waals surface area contributed by atoms with Gasteiger partial charge in [0.2, 0.25) is 0 Å². The Morgan fingerprint density at radius 2 is 1.93 bits per heavy atom. The Labute approximate surface area is 168 Å². The number of rotatable bonds is 6. The molecule has 2 N–H and O–H groups in total. The maximum absolute atomic E-state index is 12.7. The van der Waals surface area contributed by atoms with Crippen LogP contribution in [-0.4, -0.2) is 59.8 Å². The van der Waals surface area contributed by atoms with Gasteiger partial charge in [-0.05, 0) is 34.6 Å². The van der Waals surface area contributed by atoms with Gasteiger partial charge in [0, 0.05) is 37.1 Å². The van der Waals surface area contributed by atoms with Crippen molar-refractivity contribution >= 4 is 17.3 Å². The van der Waals surface area contributed by atoms with Crippen molar-refractivity contribution in [2.45, 2.75) is 65.1 Å². The Morgan fingerprint density at radius 1 is 1.29 bits per heavy atom. The highest BCUT2D eigenvalue weighted by molar-refractivity contribution is 7.09. The first-order valence-corrected chi connectivity index (χ1v) is 10.3. The molecule has 1 aromatic heterocycles. The van der Waals surface area contributed by atoms with Gasteiger partial charge in [-0.15, -0.1) is 11.3 Å². The molecule has 2 rings (SSSR count). The molecule has 1 saturated heterocycles. The van der Waals surface area contributed by atoms with E-state index >= 15 is 0 Å². The van der Waals surface area contributed by atoms with Gasteiger partial charge in [0.05, 0.1) is 18.8 Å². The van der Waals surface area contributed by atoms with Crippen LogP contribution < -0.4 is 10.6 Å². The standard InChI is InChI=1S/C18H30F3N5OS/c1-6-22-16(23-7-15-25-14(10-28-15)18(19,20)21)24-11-17(4,5)26-8-12(2)27-13(3)9-26/h10,12-13H,6-9,11H2,1-5H3,(H2,22,23,24). The van der Waals surface area contributed by atoms with E-state index in [-0.39, 0.29) is 24.3 Å². The third-order valence-electron chi connectivity index (χ3n) is 4.52. The highest BCUT2D eigenvalue weighted by Crippen LogP contribution is 2.30. The fourth-order valence-electron chi connectivity index (χ4n) is 3.09. The maximum atomic E-state index is 12.7. The molecule has 0 spiro atoms. The Kier molecular flexibility index (Phi) is 7.69. The number of hydrogen-bond acceptors (Lipinski definition) is 5. The zero-order valence-corrected chi connectivity index (χ0v) is 17.9. The Balaban J connectivity index is 1.97. The zero-order valence-electron chi connectivity index (χ0n) is 17.1. The minimum Gasteiger partial charge on any atom is -0.373 e. The summed E-state index contributed by atoms with van der Waals surface area (Å²) >= 11 is 0.967. The first-order valence-electron chi connectivity index (χ1n) is 9.45. The second kappa shape index (κ2) is 9.41. The van der Waals surface area contributed by atoms with Crippen LogP contribution in [0.4, 0.5) is 13.2 Å². The lowest BCUT2D eigenvalue weighted by Crippen LogP contribution is -2.59. The molecule has 10 heteroatoms. The summed E-state index contributed by atoms with van der Waals surface area (Å²) in [5, 5.41) is 7.80. The van der Waals surface area contributed by atoms with Crippen molar-refractivity contribution in [2.24, 2.45) is 4.99 Å². The topological polar surface area (TPSA) is 61.8 Å². The predicted octanol–water partition coefficient (Wildman–Crippen LogP) is 3.10. The van der Waals surface area contributed by atoms with Gasteiger partial charge in [-0.3, -0.25) is 4.90 Å². The number of hydrogen-bond donors (Lipinski definition) is 2. The van der Waals surface area contributed by atoms with Crippen LogP contribution in [-0.2, 0) is 17.5 Å². The number of nitrogens with one attached hydrogen (secondary N) is 2. The van der Waals surface area contributed by atoms with Gasteiger partial charge in [-0.25, -0.2) is 9.98 Å². The third kappa shape index (κ3) is 6.59. The lowest BCUT2D eigenvalue weighted by molar-refractivity contribution is -0.140. The highest BCUT2D eigenvalue weighted by atomic mass is 32.1. The zero-order chi connectivity index (χ0) is 20.9. The molecule has 6 nitrogen and oxygen atoms in total. The summed E-state index contributed by atoms with van der Waals surface area (Å²) in [6.45, 7) is 13.5. The molecule has 0 aromatic carbocycles. The summed E-state index contributed by atoms with van der Waals surface area (Å²) in [7, 11) is 0. The summed E-state index contributed by atoms with van der Waals surface area (Å²) in [5.41, 5.74) is -0.995. The van der Waals surface area contributed by atoms with Crippen molar-refractivity contribution in [1.82, 2.24) is 20.5 Å². The van der Waals surface area contributed by atoms with Crippen LogP contribution in [0.1, 0.15) is 45.3 Å². The van der Waals surface area contributed by atoms with Crippen LogP contribution in [0.3, 0.4) is 0 Å². The van der Waals surface area contributed by atoms with Crippen molar-refractivity contribution < 1.29 is 17.9 Å². The number of aromatic nitrogens is 1. The third-order valence-corrected chi connectivity index (χ3v) is 5.36. The number of guanidine groups is 1. The Bertz CT molecular complexity index is 652. The van der Waals surface area contributed by atoms with Gasteiger partial charge in [0.1, 0.15) is 5.01 Å². The van der Waals surface area contributed by atoms with E-state index < -0.39 is 11.9 Å². The molecule has 1 aliphatic heterocycles. The van der Waals surface area contributed by atoms with Crippen LogP contribution in [0.2, 0.25) is 0 Å². The maximum Gasteiger partial charge on any atom is 0.434 e. The van der Waals surface area contributed by atoms with E-state index in [2.05, 4.69) is 53.2 Å². The molecule has 0 saturated carbocycles. The van der Waals surface area contributed by atoms with Crippen LogP contribution >= 0.6 is 11.3 Å². The Morgan fingerprint density at radius 3 is 2.46 bits per heavy atom. The van der Waals surface area contributed by atoms with Gasteiger partial charge in [-0.1, -0.05) is 0 Å². The van der Waals surface area contributed by atoms with E-state index in [4.69, 9.17) is 4.74 Å². The molecular weight excluding hydrogens is 391 g/mol. The van der Waals surface area contributed by atoms with E-state index in [1.54, 1.807) is 0 Å². The fourth-order valence-corrected chi connectivity index (χ4v) is 3.81. The lowest BCUT2D eigenvalue weighted by atomic mass is 10.00. The van der Waals surface area contributed by atoms with Crippen molar-refractivity contribution in [3.05, 3.63) is 16.1 Å². The monoisotopic (exact) mass is 421 g/mol. The van der Waals surface area contributed by atoms with Gasteiger partial charge in [-0.2, -0.15) is 13.2 Å². The predicted molar refractivity (Wildman–Crippen MR) is 106 cm³/mol. The number of nitrogens with zero attached hydrogens (tertiary/aromatic N) is 3. The number of thiazole rings is 1. The smallest absolute Gasteiger partial charge is 0.373 e. The van der Waals surface area contributed by atoms with Gasteiger partial charge < -0.3 is 15.4 Å². The van der Waals surface area contributed by atoms with E-state index in [1.807, 2.05) is 6.92 Å². The molecule has 0 radical (unpaired) electrons. The van der Waals surface area contributed by atoms with Crippen LogP contribution in [0, 0.1) is 0 Å². The fraction of sp³-hybridized carbons (Fsp3) is 0.778. The van der Waals surface area contributed by atoms with E-state index in [1.165, 1.54) is 0 Å². The van der Waals surface area contributed by atoms with Crippen molar-refractivity contribution in [3.63, 3.8) is 0 Å². The lowest BCUT2D eigenvalue weighted by Gasteiger charge is -2.45. The molecule has 0 amide bonds. The average molecular weight is 422 g/mol. The SMILES string of the molecule is CCNC(=NCc1nc(C(F)(F)F)cs1)NCC(C)(C)N1CC(C)OC(C)C1. The largest absolute Gasteiger partial charge is 0.434 e. The number of morpholine rings is 1. The number of alkyl halides is 3. The summed E-state index contributed by atoms with van der Waals surface area (Å²) in [6, 6.07) is 0. The summed E-state index contributed by atoms with van der Waals surface area (Å²) < 4.78 is 43.8. The Hall–Kier alpha value is -1.39. The van der Waals surface area contributed by atoms with Gasteiger partial charge >= 0.3 is 6.18 Å². The molecule has 2 atom stereocenters. The first-order chi connectivity index (χ1) is 13.0. The van der Waals surface area contributed by atoms with Crippen LogP contribution in [0.25, 0.3) is 0 Å². The molecule has 0 bridgehead atoms. The quantitative estimate of drug-likeness (QED) is 0.546. The van der Waals surface area contributed by atoms with Crippen molar-refractivity contribution in [1.29, 1.82) is 0 Å². The molecule has 2 heterocycles. The molecular formula is C18H30F3N5OS. The summed E-state index contributed by atoms with van der Waals surface area (Å²) in [5.74, 6) is 0.564. The average Bonchev–Trinajstić information content (AvgIpc) is 3.06. The van der Waals surface area contributed by atoms with E-state index in [0.717, 1.165) is 29.8 Å². The molecule has 160 valence electrons. The number of ether oxygens (including phenoxy) is 1. The molecule has 2 unspecified atom stereocenters. The number of halogens is 3. The van der Waals surface area contributed by atoms with Crippen LogP contribution in [0.15, 0.2) is 10.4 Å². The molecule has 1 fully saturated rings. The normalized spacial score (nSPS) is 22.4. The highest BCUT2D eigenvalue weighted by Gasteiger charge is 2.34. The minimum atomic E-state index is -4.42. The van der Waals surface area contributed by atoms with Crippen molar-refractivity contribution in [2.75, 3.05) is 26.2 Å². The first kappa shape index (κ1) is 22.9. The van der Waals surface area contributed by atoms with E-state index in [9.17, 15) is 13.2 Å². The van der Waals surface area contributed by atoms with Crippen LogP contribution in [0.5, 0.6) is 0 Å². The molecule has 0 aliphatic carbocycles. The van der Waals surface area contributed by atoms with Gasteiger partial charge in [0.25, 0.3) is 0 Å². The molecule has 1 aliphatic rings. The van der Waals surface area contributed by atoms with Crippen molar-refractivity contribution in [3.8, 4) is 0 Å². The van der Waals surface area contributed by atoms with E-state index in [0.29, 0.717) is 24.1 Å². The second-order valence-electron chi connectivity index (χ2n) is 7.65. The molecule has 28 heavy (non-hydrogen) atoms. The second-order valence-corrected chi connectivity index (χ2v) is 8.59. The molecule has 1 aromatic rings. The van der Waals surface area contributed by atoms with Gasteiger partial charge in [0.15, 0.2) is 11.7 Å². The summed E-state index contributed by atoms with van der Waals surface area (Å²) in [4.78, 5) is 10.4.